The summed E-state index contributed by atoms with van der Waals surface area (Å²) in [7, 11) is 0. The van der Waals surface area contributed by atoms with E-state index < -0.39 is 0 Å². The van der Waals surface area contributed by atoms with Crippen molar-refractivity contribution >= 4 is 33.1 Å². The second-order valence-electron chi connectivity index (χ2n) is 6.63. The van der Waals surface area contributed by atoms with E-state index in [9.17, 15) is 4.79 Å². The molecule has 0 unspecified atom stereocenters. The lowest BCUT2D eigenvalue weighted by molar-refractivity contribution is -0.116. The Kier molecular flexibility index (Phi) is 4.73. The number of hydrogen-bond acceptors (Lipinski definition) is 3. The number of anilines is 1. The van der Waals surface area contributed by atoms with Crippen LogP contribution in [-0.2, 0) is 11.3 Å². The summed E-state index contributed by atoms with van der Waals surface area (Å²) in [6.07, 6.45) is 0. The minimum absolute atomic E-state index is 0.0297. The Morgan fingerprint density at radius 2 is 1.74 bits per heavy atom. The van der Waals surface area contributed by atoms with E-state index in [0.717, 1.165) is 27.3 Å². The van der Waals surface area contributed by atoms with Gasteiger partial charge in [-0.2, -0.15) is 0 Å². The molecular weight excluding hydrogens is 352 g/mol. The molecule has 27 heavy (non-hydrogen) atoms. The van der Waals surface area contributed by atoms with Gasteiger partial charge in [-0.1, -0.05) is 36.4 Å². The van der Waals surface area contributed by atoms with Crippen LogP contribution in [0, 0.1) is 6.92 Å². The Morgan fingerprint density at radius 1 is 1.00 bits per heavy atom. The Morgan fingerprint density at radius 3 is 2.44 bits per heavy atom. The van der Waals surface area contributed by atoms with Crippen LogP contribution in [0.1, 0.15) is 18.1 Å². The number of benzene rings is 3. The highest BCUT2D eigenvalue weighted by atomic mass is 32.1. The molecule has 4 heteroatoms. The molecule has 1 amide bonds. The van der Waals surface area contributed by atoms with Crippen LogP contribution < -0.4 is 4.90 Å². The van der Waals surface area contributed by atoms with Gasteiger partial charge in [0.25, 0.3) is 0 Å². The quantitative estimate of drug-likeness (QED) is 0.452. The van der Waals surface area contributed by atoms with Crippen molar-refractivity contribution in [3.63, 3.8) is 0 Å². The third kappa shape index (κ3) is 3.76. The van der Waals surface area contributed by atoms with Crippen LogP contribution in [0.3, 0.4) is 0 Å². The molecule has 0 saturated carbocycles. The molecule has 0 N–H and O–H groups in total. The molecule has 0 radical (unpaired) electrons. The summed E-state index contributed by atoms with van der Waals surface area (Å²) in [4.78, 5) is 18.7. The molecule has 0 aliphatic carbocycles. The normalized spacial score (nSPS) is 10.9. The number of thiazole rings is 1. The molecule has 4 rings (SSSR count). The molecule has 0 spiro atoms. The van der Waals surface area contributed by atoms with Crippen LogP contribution >= 0.6 is 11.3 Å². The summed E-state index contributed by atoms with van der Waals surface area (Å²) in [5, 5.41) is 1.000. The lowest BCUT2D eigenvalue weighted by Gasteiger charge is -2.21. The van der Waals surface area contributed by atoms with Crippen molar-refractivity contribution in [2.45, 2.75) is 20.4 Å². The Labute approximate surface area is 162 Å². The average molecular weight is 372 g/mol. The Hall–Kier alpha value is -2.98. The number of rotatable bonds is 4. The Bertz CT molecular complexity index is 1080. The molecule has 0 aliphatic rings. The summed E-state index contributed by atoms with van der Waals surface area (Å²) in [5.74, 6) is 0.0297. The maximum atomic E-state index is 12.2. The van der Waals surface area contributed by atoms with E-state index in [2.05, 4.69) is 25.1 Å². The van der Waals surface area contributed by atoms with Gasteiger partial charge in [-0.3, -0.25) is 4.79 Å². The fourth-order valence-electron chi connectivity index (χ4n) is 3.09. The molecule has 4 aromatic rings. The zero-order valence-corrected chi connectivity index (χ0v) is 16.2. The lowest BCUT2D eigenvalue weighted by atomic mass is 10.1. The number of fused-ring (bicyclic) bond motifs is 1. The zero-order chi connectivity index (χ0) is 18.8. The van der Waals surface area contributed by atoms with Crippen LogP contribution in [-0.4, -0.2) is 10.9 Å². The highest BCUT2D eigenvalue weighted by molar-refractivity contribution is 7.21. The SMILES string of the molecule is CC(=O)N(Cc1ccccc1)c1ccc(-c2nc3ccc(C)cc3s2)cc1. The topological polar surface area (TPSA) is 33.2 Å². The fraction of sp³-hybridized carbons (Fsp3) is 0.130. The van der Waals surface area contributed by atoms with E-state index in [1.165, 1.54) is 10.3 Å². The minimum Gasteiger partial charge on any atom is -0.308 e. The molecule has 134 valence electrons. The number of carbonyl (C=O) groups is 1. The van der Waals surface area contributed by atoms with E-state index in [4.69, 9.17) is 4.98 Å². The van der Waals surface area contributed by atoms with Gasteiger partial charge >= 0.3 is 0 Å². The minimum atomic E-state index is 0.0297. The van der Waals surface area contributed by atoms with Crippen LogP contribution in [0.15, 0.2) is 72.8 Å². The first-order valence-corrected chi connectivity index (χ1v) is 9.71. The maximum absolute atomic E-state index is 12.2. The molecular formula is C23H20N2OS. The summed E-state index contributed by atoms with van der Waals surface area (Å²) in [6, 6.07) is 24.4. The van der Waals surface area contributed by atoms with Gasteiger partial charge in [-0.05, 0) is 54.4 Å². The number of aromatic nitrogens is 1. The van der Waals surface area contributed by atoms with Gasteiger partial charge in [-0.15, -0.1) is 11.3 Å². The fourth-order valence-corrected chi connectivity index (χ4v) is 4.16. The van der Waals surface area contributed by atoms with Gasteiger partial charge in [0.05, 0.1) is 16.8 Å². The van der Waals surface area contributed by atoms with Crippen LogP contribution in [0.5, 0.6) is 0 Å². The van der Waals surface area contributed by atoms with Crippen molar-refractivity contribution in [2.24, 2.45) is 0 Å². The van der Waals surface area contributed by atoms with E-state index >= 15 is 0 Å². The van der Waals surface area contributed by atoms with Crippen molar-refractivity contribution in [2.75, 3.05) is 4.90 Å². The second-order valence-corrected chi connectivity index (χ2v) is 7.66. The molecule has 0 aliphatic heterocycles. The first-order valence-electron chi connectivity index (χ1n) is 8.90. The maximum Gasteiger partial charge on any atom is 0.224 e. The van der Waals surface area contributed by atoms with Crippen molar-refractivity contribution in [3.05, 3.63) is 83.9 Å². The first kappa shape index (κ1) is 17.4. The average Bonchev–Trinajstić information content (AvgIpc) is 3.10. The van der Waals surface area contributed by atoms with Crippen molar-refractivity contribution in [1.29, 1.82) is 0 Å². The summed E-state index contributed by atoms with van der Waals surface area (Å²) in [6.45, 7) is 4.26. The molecule has 3 aromatic carbocycles. The molecule has 1 aromatic heterocycles. The molecule has 0 saturated heterocycles. The number of amides is 1. The predicted molar refractivity (Wildman–Crippen MR) is 113 cm³/mol. The van der Waals surface area contributed by atoms with Gasteiger partial charge in [0, 0.05) is 18.2 Å². The molecule has 0 fully saturated rings. The van der Waals surface area contributed by atoms with Crippen molar-refractivity contribution < 1.29 is 4.79 Å². The third-order valence-electron chi connectivity index (χ3n) is 4.53. The number of nitrogens with zero attached hydrogens (tertiary/aromatic N) is 2. The number of aryl methyl sites for hydroxylation is 1. The van der Waals surface area contributed by atoms with E-state index in [1.807, 2.05) is 54.6 Å². The number of hydrogen-bond donors (Lipinski definition) is 0. The van der Waals surface area contributed by atoms with Gasteiger partial charge in [0.2, 0.25) is 5.91 Å². The summed E-state index contributed by atoms with van der Waals surface area (Å²) in [5.41, 5.74) is 5.34. The molecule has 0 atom stereocenters. The Balaban J connectivity index is 1.62. The van der Waals surface area contributed by atoms with E-state index in [-0.39, 0.29) is 5.91 Å². The van der Waals surface area contributed by atoms with Crippen molar-refractivity contribution in [3.8, 4) is 10.6 Å². The highest BCUT2D eigenvalue weighted by Gasteiger charge is 2.13. The van der Waals surface area contributed by atoms with Gasteiger partial charge in [0.1, 0.15) is 5.01 Å². The second kappa shape index (κ2) is 7.33. The highest BCUT2D eigenvalue weighted by Crippen LogP contribution is 2.32. The molecule has 1 heterocycles. The largest absolute Gasteiger partial charge is 0.308 e. The van der Waals surface area contributed by atoms with Gasteiger partial charge in [-0.25, -0.2) is 4.98 Å². The predicted octanol–water partition coefficient (Wildman–Crippen LogP) is 5.82. The third-order valence-corrected chi connectivity index (χ3v) is 5.60. The summed E-state index contributed by atoms with van der Waals surface area (Å²) < 4.78 is 1.20. The van der Waals surface area contributed by atoms with Crippen molar-refractivity contribution in [1.82, 2.24) is 4.98 Å². The van der Waals surface area contributed by atoms with Gasteiger partial charge < -0.3 is 4.90 Å². The summed E-state index contributed by atoms with van der Waals surface area (Å²) >= 11 is 1.70. The first-order chi connectivity index (χ1) is 13.1. The standard InChI is InChI=1S/C23H20N2OS/c1-16-8-13-21-22(14-16)27-23(24-21)19-9-11-20(12-10-19)25(17(2)26)15-18-6-4-3-5-7-18/h3-14H,15H2,1-2H3. The molecule has 0 bridgehead atoms. The van der Waals surface area contributed by atoms with E-state index in [0.29, 0.717) is 6.54 Å². The molecule has 3 nitrogen and oxygen atoms in total. The number of carbonyl (C=O) groups excluding carboxylic acids is 1. The van der Waals surface area contributed by atoms with Crippen LogP contribution in [0.25, 0.3) is 20.8 Å². The van der Waals surface area contributed by atoms with Crippen LogP contribution in [0.2, 0.25) is 0 Å². The van der Waals surface area contributed by atoms with Gasteiger partial charge in [0.15, 0.2) is 0 Å². The monoisotopic (exact) mass is 372 g/mol. The van der Waals surface area contributed by atoms with Crippen LogP contribution in [0.4, 0.5) is 5.69 Å². The van der Waals surface area contributed by atoms with E-state index in [1.54, 1.807) is 23.2 Å². The lowest BCUT2D eigenvalue weighted by Crippen LogP contribution is -2.27. The smallest absolute Gasteiger partial charge is 0.224 e. The zero-order valence-electron chi connectivity index (χ0n) is 15.3.